The van der Waals surface area contributed by atoms with Gasteiger partial charge in [0.05, 0.1) is 4.90 Å². The van der Waals surface area contributed by atoms with Crippen LogP contribution in [0.5, 0.6) is 5.75 Å². The van der Waals surface area contributed by atoms with Crippen molar-refractivity contribution in [3.63, 3.8) is 0 Å². The lowest BCUT2D eigenvalue weighted by Crippen LogP contribution is -2.35. The van der Waals surface area contributed by atoms with Gasteiger partial charge in [-0.2, -0.15) is 4.31 Å². The number of hydrogen-bond acceptors (Lipinski definition) is 4. The van der Waals surface area contributed by atoms with Crippen LogP contribution in [0.1, 0.15) is 36.0 Å². The Labute approximate surface area is 172 Å². The van der Waals surface area contributed by atoms with Crippen LogP contribution in [-0.4, -0.2) is 38.3 Å². The van der Waals surface area contributed by atoms with E-state index in [-0.39, 0.29) is 17.4 Å². The summed E-state index contributed by atoms with van der Waals surface area (Å²) in [6.45, 7) is 6.85. The molecule has 156 valence electrons. The first-order valence-electron chi connectivity index (χ1n) is 9.88. The predicted octanol–water partition coefficient (Wildman–Crippen LogP) is 3.80. The molecular weight excluding hydrogens is 388 g/mol. The zero-order valence-electron chi connectivity index (χ0n) is 17.2. The average Bonchev–Trinajstić information content (AvgIpc) is 2.68. The highest BCUT2D eigenvalue weighted by Gasteiger charge is 2.26. The van der Waals surface area contributed by atoms with Gasteiger partial charge in [0.2, 0.25) is 10.0 Å². The number of hydrogen-bond donors (Lipinski definition) is 1. The molecule has 1 amide bonds. The topological polar surface area (TPSA) is 75.7 Å². The molecule has 7 heteroatoms. The summed E-state index contributed by atoms with van der Waals surface area (Å²) < 4.78 is 32.9. The van der Waals surface area contributed by atoms with Gasteiger partial charge in [-0.25, -0.2) is 8.42 Å². The molecule has 0 unspecified atom stereocenters. The third kappa shape index (κ3) is 5.16. The van der Waals surface area contributed by atoms with Crippen molar-refractivity contribution in [1.82, 2.24) is 4.31 Å². The van der Waals surface area contributed by atoms with E-state index in [1.54, 1.807) is 18.2 Å². The van der Waals surface area contributed by atoms with E-state index in [2.05, 4.69) is 5.32 Å². The molecule has 0 bridgehead atoms. The summed E-state index contributed by atoms with van der Waals surface area (Å²) in [6, 6.07) is 10.4. The molecule has 1 heterocycles. The second-order valence-electron chi connectivity index (χ2n) is 7.56. The maximum atomic E-state index is 12.8. The molecule has 0 atom stereocenters. The monoisotopic (exact) mass is 416 g/mol. The Kier molecular flexibility index (Phi) is 6.59. The number of anilines is 1. The van der Waals surface area contributed by atoms with E-state index in [9.17, 15) is 13.2 Å². The van der Waals surface area contributed by atoms with E-state index in [4.69, 9.17) is 4.74 Å². The van der Waals surface area contributed by atoms with Gasteiger partial charge in [-0.1, -0.05) is 30.2 Å². The number of carbonyl (C=O) groups excluding carboxylic acids is 1. The molecular formula is C22H28N2O4S. The van der Waals surface area contributed by atoms with E-state index in [1.807, 2.05) is 32.9 Å². The molecule has 1 aliphatic heterocycles. The first-order valence-corrected chi connectivity index (χ1v) is 11.3. The van der Waals surface area contributed by atoms with Gasteiger partial charge in [0.15, 0.2) is 6.61 Å². The van der Waals surface area contributed by atoms with E-state index in [1.165, 1.54) is 10.4 Å². The SMILES string of the molecule is Cc1cc(C)c(OCC(=O)Nc2cccc(S(=O)(=O)N3CCCCC3)c2)c(C)c1. The normalized spacial score (nSPS) is 15.1. The number of amides is 1. The van der Waals surface area contributed by atoms with E-state index < -0.39 is 10.0 Å². The molecule has 1 aliphatic rings. The van der Waals surface area contributed by atoms with Gasteiger partial charge >= 0.3 is 0 Å². The quantitative estimate of drug-likeness (QED) is 0.777. The molecule has 2 aromatic rings. The van der Waals surface area contributed by atoms with E-state index in [0.717, 1.165) is 36.0 Å². The summed E-state index contributed by atoms with van der Waals surface area (Å²) in [7, 11) is -3.54. The Morgan fingerprint density at radius 2 is 1.69 bits per heavy atom. The van der Waals surface area contributed by atoms with Crippen LogP contribution >= 0.6 is 0 Å². The van der Waals surface area contributed by atoms with Gasteiger partial charge in [-0.05, 0) is 62.9 Å². The minimum atomic E-state index is -3.54. The van der Waals surface area contributed by atoms with Crippen molar-refractivity contribution in [3.8, 4) is 5.75 Å². The van der Waals surface area contributed by atoms with Gasteiger partial charge in [-0.3, -0.25) is 4.79 Å². The van der Waals surface area contributed by atoms with Crippen molar-refractivity contribution >= 4 is 21.6 Å². The molecule has 1 fully saturated rings. The summed E-state index contributed by atoms with van der Waals surface area (Å²) in [4.78, 5) is 12.5. The van der Waals surface area contributed by atoms with Crippen LogP contribution in [0.4, 0.5) is 5.69 Å². The third-order valence-corrected chi connectivity index (χ3v) is 6.92. The van der Waals surface area contributed by atoms with Gasteiger partial charge < -0.3 is 10.1 Å². The lowest BCUT2D eigenvalue weighted by molar-refractivity contribution is -0.118. The van der Waals surface area contributed by atoms with Crippen molar-refractivity contribution in [2.45, 2.75) is 44.9 Å². The Hall–Kier alpha value is -2.38. The van der Waals surface area contributed by atoms with Crippen LogP contribution in [0.2, 0.25) is 0 Å². The number of carbonyl (C=O) groups is 1. The molecule has 29 heavy (non-hydrogen) atoms. The van der Waals surface area contributed by atoms with Crippen LogP contribution in [0.15, 0.2) is 41.3 Å². The number of nitrogens with zero attached hydrogens (tertiary/aromatic N) is 1. The highest BCUT2D eigenvalue weighted by atomic mass is 32.2. The second-order valence-corrected chi connectivity index (χ2v) is 9.50. The van der Waals surface area contributed by atoms with Crippen molar-refractivity contribution < 1.29 is 17.9 Å². The highest BCUT2D eigenvalue weighted by Crippen LogP contribution is 2.25. The number of ether oxygens (including phenoxy) is 1. The molecule has 3 rings (SSSR count). The third-order valence-electron chi connectivity index (χ3n) is 5.02. The summed E-state index contributed by atoms with van der Waals surface area (Å²) in [5.74, 6) is 0.365. The summed E-state index contributed by atoms with van der Waals surface area (Å²) >= 11 is 0. The van der Waals surface area contributed by atoms with Gasteiger partial charge in [0.25, 0.3) is 5.91 Å². The van der Waals surface area contributed by atoms with Crippen molar-refractivity contribution in [2.75, 3.05) is 25.0 Å². The number of rotatable bonds is 6. The lowest BCUT2D eigenvalue weighted by atomic mass is 10.1. The molecule has 0 spiro atoms. The van der Waals surface area contributed by atoms with E-state index in [0.29, 0.717) is 24.5 Å². The minimum Gasteiger partial charge on any atom is -0.483 e. The summed E-state index contributed by atoms with van der Waals surface area (Å²) in [5.41, 5.74) is 3.53. The Bertz CT molecular complexity index is 973. The van der Waals surface area contributed by atoms with Crippen LogP contribution in [-0.2, 0) is 14.8 Å². The number of nitrogens with one attached hydrogen (secondary N) is 1. The minimum absolute atomic E-state index is 0.145. The van der Waals surface area contributed by atoms with Crippen molar-refractivity contribution in [1.29, 1.82) is 0 Å². The maximum Gasteiger partial charge on any atom is 0.262 e. The van der Waals surface area contributed by atoms with Crippen molar-refractivity contribution in [3.05, 3.63) is 53.1 Å². The standard InChI is InChI=1S/C22H28N2O4S/c1-16-12-17(2)22(18(3)13-16)28-15-21(25)23-19-8-7-9-20(14-19)29(26,27)24-10-5-4-6-11-24/h7-9,12-14H,4-6,10-11,15H2,1-3H3,(H,23,25). The van der Waals surface area contributed by atoms with Crippen LogP contribution in [0.25, 0.3) is 0 Å². The lowest BCUT2D eigenvalue weighted by Gasteiger charge is -2.26. The largest absolute Gasteiger partial charge is 0.483 e. The molecule has 0 radical (unpaired) electrons. The molecule has 1 saturated heterocycles. The number of sulfonamides is 1. The van der Waals surface area contributed by atoms with Gasteiger partial charge in [0.1, 0.15) is 5.75 Å². The maximum absolute atomic E-state index is 12.8. The summed E-state index contributed by atoms with van der Waals surface area (Å²) in [5, 5.41) is 2.73. The van der Waals surface area contributed by atoms with Crippen LogP contribution in [0, 0.1) is 20.8 Å². The molecule has 0 aromatic heterocycles. The van der Waals surface area contributed by atoms with E-state index >= 15 is 0 Å². The molecule has 2 aromatic carbocycles. The van der Waals surface area contributed by atoms with Crippen LogP contribution < -0.4 is 10.1 Å². The number of benzene rings is 2. The Morgan fingerprint density at radius 3 is 2.34 bits per heavy atom. The number of piperidine rings is 1. The molecule has 0 aliphatic carbocycles. The smallest absolute Gasteiger partial charge is 0.262 e. The second kappa shape index (κ2) is 8.97. The first-order chi connectivity index (χ1) is 13.8. The zero-order valence-corrected chi connectivity index (χ0v) is 18.0. The highest BCUT2D eigenvalue weighted by molar-refractivity contribution is 7.89. The van der Waals surface area contributed by atoms with Gasteiger partial charge in [-0.15, -0.1) is 0 Å². The molecule has 6 nitrogen and oxygen atoms in total. The Balaban J connectivity index is 1.66. The fourth-order valence-corrected chi connectivity index (χ4v) is 5.28. The average molecular weight is 417 g/mol. The molecule has 1 N–H and O–H groups in total. The van der Waals surface area contributed by atoms with Crippen molar-refractivity contribution in [2.24, 2.45) is 0 Å². The fourth-order valence-electron chi connectivity index (χ4n) is 3.72. The molecule has 0 saturated carbocycles. The fraction of sp³-hybridized carbons (Fsp3) is 0.409. The van der Waals surface area contributed by atoms with Crippen LogP contribution in [0.3, 0.4) is 0 Å². The first kappa shape index (κ1) is 21.3. The predicted molar refractivity (Wildman–Crippen MR) is 114 cm³/mol. The Morgan fingerprint density at radius 1 is 1.03 bits per heavy atom. The van der Waals surface area contributed by atoms with Gasteiger partial charge in [0, 0.05) is 18.8 Å². The zero-order chi connectivity index (χ0) is 21.0. The summed E-state index contributed by atoms with van der Waals surface area (Å²) in [6.07, 6.45) is 2.82. The number of aryl methyl sites for hydroxylation is 3.